The summed E-state index contributed by atoms with van der Waals surface area (Å²) < 4.78 is 42.6. The molecule has 0 bridgehead atoms. The second-order valence-electron chi connectivity index (χ2n) is 9.17. The summed E-state index contributed by atoms with van der Waals surface area (Å²) in [4.78, 5) is 11.1. The topological polar surface area (TPSA) is 107 Å². The Balaban J connectivity index is 1.34. The summed E-state index contributed by atoms with van der Waals surface area (Å²) in [5.41, 5.74) is 0.288. The highest BCUT2D eigenvalue weighted by molar-refractivity contribution is 7.84. The van der Waals surface area contributed by atoms with Crippen molar-refractivity contribution in [2.75, 3.05) is 24.2 Å². The van der Waals surface area contributed by atoms with E-state index in [0.717, 1.165) is 25.9 Å². The summed E-state index contributed by atoms with van der Waals surface area (Å²) in [5, 5.41) is 8.04. The maximum atomic E-state index is 14.2. The third-order valence-corrected chi connectivity index (χ3v) is 6.43. The van der Waals surface area contributed by atoms with E-state index in [4.69, 9.17) is 13.8 Å². The standard InChI is InChI=1S/C22H28FN5O4S/c1-13(19-24-18(26-31-19)14-6-7-17(33(5)29)16(23)12-14)30-15-8-10-28(11-9-15)21-25-20(27-32-21)22(2,3)4/h6-7,12-13,15H,8-11H2,1-5H3/t13-,33?/m1/s1. The quantitative estimate of drug-likeness (QED) is 0.520. The van der Waals surface area contributed by atoms with Crippen molar-refractivity contribution in [3.63, 3.8) is 0 Å². The molecule has 1 aliphatic rings. The molecule has 3 heterocycles. The minimum absolute atomic E-state index is 0.0212. The van der Waals surface area contributed by atoms with Gasteiger partial charge in [-0.2, -0.15) is 9.97 Å². The van der Waals surface area contributed by atoms with Crippen LogP contribution in [0.15, 0.2) is 32.1 Å². The van der Waals surface area contributed by atoms with E-state index in [1.165, 1.54) is 18.4 Å². The number of halogens is 1. The van der Waals surface area contributed by atoms with E-state index in [1.807, 2.05) is 27.7 Å². The van der Waals surface area contributed by atoms with Crippen LogP contribution in [-0.4, -0.2) is 49.9 Å². The number of hydrogen-bond acceptors (Lipinski definition) is 9. The fraction of sp³-hybridized carbons (Fsp3) is 0.545. The Labute approximate surface area is 194 Å². The molecule has 9 nitrogen and oxygen atoms in total. The largest absolute Gasteiger partial charge is 0.365 e. The van der Waals surface area contributed by atoms with Gasteiger partial charge in [0.15, 0.2) is 5.82 Å². The first-order valence-corrected chi connectivity index (χ1v) is 12.4. The van der Waals surface area contributed by atoms with Gasteiger partial charge in [-0.1, -0.05) is 31.1 Å². The molecule has 4 rings (SSSR count). The van der Waals surface area contributed by atoms with E-state index in [9.17, 15) is 8.60 Å². The Kier molecular flexibility index (Phi) is 6.62. The highest BCUT2D eigenvalue weighted by atomic mass is 32.2. The molecular formula is C22H28FN5O4S. The van der Waals surface area contributed by atoms with Crippen LogP contribution in [0.2, 0.25) is 0 Å². The predicted molar refractivity (Wildman–Crippen MR) is 120 cm³/mol. The molecular weight excluding hydrogens is 449 g/mol. The molecule has 0 N–H and O–H groups in total. The van der Waals surface area contributed by atoms with Gasteiger partial charge in [0.1, 0.15) is 11.9 Å². The first kappa shape index (κ1) is 23.5. The van der Waals surface area contributed by atoms with E-state index in [2.05, 4.69) is 25.2 Å². The number of rotatable bonds is 6. The van der Waals surface area contributed by atoms with Gasteiger partial charge in [0.25, 0.3) is 5.89 Å². The summed E-state index contributed by atoms with van der Waals surface area (Å²) >= 11 is 0. The third-order valence-electron chi connectivity index (χ3n) is 5.48. The minimum atomic E-state index is -1.41. The van der Waals surface area contributed by atoms with Gasteiger partial charge in [0, 0.05) is 30.3 Å². The number of aromatic nitrogens is 4. The van der Waals surface area contributed by atoms with Crippen LogP contribution >= 0.6 is 0 Å². The van der Waals surface area contributed by atoms with Crippen molar-refractivity contribution < 1.29 is 22.4 Å². The Morgan fingerprint density at radius 2 is 1.91 bits per heavy atom. The molecule has 0 aliphatic carbocycles. The molecule has 1 fully saturated rings. The van der Waals surface area contributed by atoms with Gasteiger partial charge >= 0.3 is 6.01 Å². The molecule has 0 spiro atoms. The maximum absolute atomic E-state index is 14.2. The molecule has 0 amide bonds. The summed E-state index contributed by atoms with van der Waals surface area (Å²) in [5.74, 6) is 0.706. The van der Waals surface area contributed by atoms with Crippen LogP contribution in [0.25, 0.3) is 11.4 Å². The average molecular weight is 478 g/mol. The van der Waals surface area contributed by atoms with E-state index < -0.39 is 22.7 Å². The van der Waals surface area contributed by atoms with Crippen LogP contribution in [0.1, 0.15) is 58.4 Å². The lowest BCUT2D eigenvalue weighted by atomic mass is 9.96. The summed E-state index contributed by atoms with van der Waals surface area (Å²) in [7, 11) is -1.41. The molecule has 1 saturated heterocycles. The number of nitrogens with zero attached hydrogens (tertiary/aromatic N) is 5. The normalized spacial score (nSPS) is 17.3. The van der Waals surface area contributed by atoms with E-state index in [-0.39, 0.29) is 22.2 Å². The molecule has 33 heavy (non-hydrogen) atoms. The fourth-order valence-electron chi connectivity index (χ4n) is 3.57. The number of benzene rings is 1. The van der Waals surface area contributed by atoms with Gasteiger partial charge < -0.3 is 18.7 Å². The fourth-order valence-corrected chi connectivity index (χ4v) is 4.16. The zero-order chi connectivity index (χ0) is 23.8. The van der Waals surface area contributed by atoms with Crippen molar-refractivity contribution in [1.29, 1.82) is 0 Å². The van der Waals surface area contributed by atoms with Crippen molar-refractivity contribution in [2.45, 2.75) is 63.1 Å². The minimum Gasteiger partial charge on any atom is -0.365 e. The van der Waals surface area contributed by atoms with Gasteiger partial charge in [-0.05, 0) is 38.0 Å². The molecule has 1 unspecified atom stereocenters. The lowest BCUT2D eigenvalue weighted by Gasteiger charge is -2.31. The summed E-state index contributed by atoms with van der Waals surface area (Å²) in [6.45, 7) is 9.47. The molecule has 2 atom stereocenters. The van der Waals surface area contributed by atoms with Crippen LogP contribution in [0.4, 0.5) is 10.4 Å². The molecule has 0 radical (unpaired) electrons. The number of anilines is 1. The van der Waals surface area contributed by atoms with Crippen LogP contribution < -0.4 is 4.90 Å². The average Bonchev–Trinajstić information content (AvgIpc) is 3.44. The Morgan fingerprint density at radius 3 is 2.52 bits per heavy atom. The third kappa shape index (κ3) is 5.30. The van der Waals surface area contributed by atoms with Gasteiger partial charge in [0.2, 0.25) is 5.82 Å². The Hall–Kier alpha value is -2.66. The molecule has 1 aromatic carbocycles. The first-order chi connectivity index (χ1) is 15.6. The van der Waals surface area contributed by atoms with Crippen molar-refractivity contribution in [3.8, 4) is 11.4 Å². The molecule has 3 aromatic rings. The molecule has 1 aliphatic heterocycles. The highest BCUT2D eigenvalue weighted by Crippen LogP contribution is 2.28. The second-order valence-corrected chi connectivity index (χ2v) is 10.5. The Morgan fingerprint density at radius 1 is 1.18 bits per heavy atom. The number of piperidine rings is 1. The van der Waals surface area contributed by atoms with E-state index in [1.54, 1.807) is 6.07 Å². The van der Waals surface area contributed by atoms with Gasteiger partial charge in [-0.15, -0.1) is 0 Å². The second kappa shape index (κ2) is 9.30. The van der Waals surface area contributed by atoms with Crippen molar-refractivity contribution in [3.05, 3.63) is 35.7 Å². The van der Waals surface area contributed by atoms with Crippen molar-refractivity contribution >= 4 is 16.8 Å². The Bertz CT molecular complexity index is 1130. The zero-order valence-electron chi connectivity index (χ0n) is 19.4. The molecule has 11 heteroatoms. The maximum Gasteiger partial charge on any atom is 0.324 e. The van der Waals surface area contributed by atoms with E-state index in [0.29, 0.717) is 23.3 Å². The van der Waals surface area contributed by atoms with Crippen LogP contribution in [0.5, 0.6) is 0 Å². The van der Waals surface area contributed by atoms with Crippen molar-refractivity contribution in [1.82, 2.24) is 20.3 Å². The predicted octanol–water partition coefficient (Wildman–Crippen LogP) is 4.04. The highest BCUT2D eigenvalue weighted by Gasteiger charge is 2.28. The number of ether oxygens (including phenoxy) is 1. The zero-order valence-corrected chi connectivity index (χ0v) is 20.2. The molecule has 2 aromatic heterocycles. The van der Waals surface area contributed by atoms with Crippen LogP contribution in [-0.2, 0) is 21.0 Å². The van der Waals surface area contributed by atoms with E-state index >= 15 is 0 Å². The molecule has 0 saturated carbocycles. The SMILES string of the molecule is C[C@@H](OC1CCN(c2nc(C(C)(C)C)no2)CC1)c1nc(-c2ccc(S(C)=O)c(F)c2)no1. The lowest BCUT2D eigenvalue weighted by molar-refractivity contribution is -0.0303. The van der Waals surface area contributed by atoms with Crippen molar-refractivity contribution in [2.24, 2.45) is 0 Å². The summed E-state index contributed by atoms with van der Waals surface area (Å²) in [6.07, 6.45) is 2.62. The lowest BCUT2D eigenvalue weighted by Crippen LogP contribution is -2.37. The van der Waals surface area contributed by atoms with Crippen LogP contribution in [0, 0.1) is 5.82 Å². The van der Waals surface area contributed by atoms with Gasteiger partial charge in [-0.25, -0.2) is 4.39 Å². The van der Waals surface area contributed by atoms with Gasteiger partial charge in [0.05, 0.1) is 21.8 Å². The van der Waals surface area contributed by atoms with Gasteiger partial charge in [-0.3, -0.25) is 4.21 Å². The molecule has 178 valence electrons. The van der Waals surface area contributed by atoms with Crippen LogP contribution in [0.3, 0.4) is 0 Å². The summed E-state index contributed by atoms with van der Waals surface area (Å²) in [6, 6.07) is 4.89. The number of hydrogen-bond donors (Lipinski definition) is 0. The smallest absolute Gasteiger partial charge is 0.324 e. The first-order valence-electron chi connectivity index (χ1n) is 10.8. The monoisotopic (exact) mass is 477 g/mol.